The number of benzene rings is 1. The fourth-order valence-electron chi connectivity index (χ4n) is 2.91. The molecule has 3 rings (SSSR count). The number of carbonyl (C=O) groups excluding carboxylic acids is 1. The summed E-state index contributed by atoms with van der Waals surface area (Å²) >= 11 is 0. The van der Waals surface area contributed by atoms with Crippen LogP contribution in [0, 0.1) is 12.8 Å². The van der Waals surface area contributed by atoms with E-state index in [1.165, 1.54) is 4.90 Å². The zero-order chi connectivity index (χ0) is 16.6. The normalized spacial score (nSPS) is 18.6. The van der Waals surface area contributed by atoms with E-state index in [-0.39, 0.29) is 24.0 Å². The quantitative estimate of drug-likeness (QED) is 0.870. The molecule has 2 aromatic rings. The fourth-order valence-corrected chi connectivity index (χ4v) is 3.79. The van der Waals surface area contributed by atoms with Crippen LogP contribution in [-0.4, -0.2) is 36.8 Å². The summed E-state index contributed by atoms with van der Waals surface area (Å²) in [5.74, 6) is -0.118. The molecular formula is C15H18N4O3S. The van der Waals surface area contributed by atoms with E-state index in [1.807, 2.05) is 31.2 Å². The van der Waals surface area contributed by atoms with Gasteiger partial charge in [0.2, 0.25) is 15.9 Å². The number of H-pyrrole nitrogens is 1. The maximum Gasteiger partial charge on any atom is 0.228 e. The Morgan fingerprint density at radius 2 is 2.13 bits per heavy atom. The van der Waals surface area contributed by atoms with Crippen molar-refractivity contribution >= 4 is 21.7 Å². The summed E-state index contributed by atoms with van der Waals surface area (Å²) in [5, 5.41) is 12.2. The van der Waals surface area contributed by atoms with Gasteiger partial charge >= 0.3 is 0 Å². The first-order valence-corrected chi connectivity index (χ1v) is 8.97. The summed E-state index contributed by atoms with van der Waals surface area (Å²) in [6.07, 6.45) is 0.170. The Morgan fingerprint density at radius 3 is 2.83 bits per heavy atom. The second kappa shape index (κ2) is 5.78. The van der Waals surface area contributed by atoms with Crippen LogP contribution in [0.2, 0.25) is 0 Å². The number of anilines is 1. The first-order valence-electron chi connectivity index (χ1n) is 7.26. The number of carbonyl (C=O) groups is 1. The number of rotatable bonds is 4. The number of nitrogens with two attached hydrogens (primary N) is 1. The molecule has 0 radical (unpaired) electrons. The van der Waals surface area contributed by atoms with Crippen molar-refractivity contribution in [3.8, 4) is 11.3 Å². The smallest absolute Gasteiger partial charge is 0.228 e. The average molecular weight is 334 g/mol. The van der Waals surface area contributed by atoms with Crippen LogP contribution >= 0.6 is 0 Å². The zero-order valence-electron chi connectivity index (χ0n) is 12.7. The Balaban J connectivity index is 1.81. The summed E-state index contributed by atoms with van der Waals surface area (Å²) in [6, 6.07) is 9.67. The van der Waals surface area contributed by atoms with Crippen LogP contribution in [0.1, 0.15) is 12.0 Å². The second-order valence-electron chi connectivity index (χ2n) is 5.86. The first kappa shape index (κ1) is 15.7. The highest BCUT2D eigenvalue weighted by atomic mass is 32.2. The number of aromatic nitrogens is 2. The van der Waals surface area contributed by atoms with Crippen LogP contribution in [0.25, 0.3) is 11.3 Å². The van der Waals surface area contributed by atoms with Crippen LogP contribution < -0.4 is 10.0 Å². The van der Waals surface area contributed by atoms with Gasteiger partial charge in [-0.25, -0.2) is 13.6 Å². The zero-order valence-corrected chi connectivity index (χ0v) is 13.5. The third-order valence-electron chi connectivity index (χ3n) is 3.95. The highest BCUT2D eigenvalue weighted by molar-refractivity contribution is 7.89. The van der Waals surface area contributed by atoms with Crippen LogP contribution in [-0.2, 0) is 14.8 Å². The number of nitrogens with zero attached hydrogens (tertiary/aromatic N) is 2. The van der Waals surface area contributed by atoms with Gasteiger partial charge in [0.15, 0.2) is 5.82 Å². The summed E-state index contributed by atoms with van der Waals surface area (Å²) in [4.78, 5) is 13.6. The van der Waals surface area contributed by atoms with Gasteiger partial charge in [-0.05, 0) is 12.5 Å². The number of primary sulfonamides is 1. The molecule has 2 heterocycles. The number of sulfonamides is 1. The number of amides is 1. The van der Waals surface area contributed by atoms with Crippen molar-refractivity contribution in [2.45, 2.75) is 13.3 Å². The van der Waals surface area contributed by atoms with Gasteiger partial charge in [0, 0.05) is 30.5 Å². The Bertz CT molecular complexity index is 844. The first-order chi connectivity index (χ1) is 10.8. The summed E-state index contributed by atoms with van der Waals surface area (Å²) in [5.41, 5.74) is 2.93. The standard InChI is InChI=1S/C15H18N4O3S/c1-10-4-2-3-5-12(10)13-7-14(18-17-13)19-8-11(6-15(19)20)9-23(16,21)22/h2-5,7,11H,6,8-9H2,1H3,(H,17,18)(H2,16,21,22). The van der Waals surface area contributed by atoms with Crippen molar-refractivity contribution in [3.63, 3.8) is 0 Å². The van der Waals surface area contributed by atoms with Crippen LogP contribution in [0.3, 0.4) is 0 Å². The highest BCUT2D eigenvalue weighted by Crippen LogP contribution is 2.28. The Kier molecular flexibility index (Phi) is 3.95. The molecule has 1 atom stereocenters. The molecule has 1 aliphatic rings. The molecule has 1 fully saturated rings. The SMILES string of the molecule is Cc1ccccc1-c1cc(N2CC(CS(N)(=O)=O)CC2=O)n[nH]1. The molecule has 1 aromatic heterocycles. The number of aryl methyl sites for hydroxylation is 1. The molecule has 3 N–H and O–H groups in total. The Hall–Kier alpha value is -2.19. The van der Waals surface area contributed by atoms with Crippen LogP contribution in [0.5, 0.6) is 0 Å². The molecule has 1 amide bonds. The molecule has 0 saturated carbocycles. The maximum atomic E-state index is 12.1. The lowest BCUT2D eigenvalue weighted by atomic mass is 10.1. The van der Waals surface area contributed by atoms with Crippen molar-refractivity contribution in [1.82, 2.24) is 10.2 Å². The maximum absolute atomic E-state index is 12.1. The molecule has 1 aliphatic heterocycles. The number of hydrogen-bond donors (Lipinski definition) is 2. The fraction of sp³-hybridized carbons (Fsp3) is 0.333. The molecule has 7 nitrogen and oxygen atoms in total. The van der Waals surface area contributed by atoms with Crippen molar-refractivity contribution in [1.29, 1.82) is 0 Å². The highest BCUT2D eigenvalue weighted by Gasteiger charge is 2.34. The van der Waals surface area contributed by atoms with Crippen molar-refractivity contribution in [2.75, 3.05) is 17.2 Å². The third kappa shape index (κ3) is 3.43. The number of aromatic amines is 1. The summed E-state index contributed by atoms with van der Waals surface area (Å²) in [6.45, 7) is 2.31. The lowest BCUT2D eigenvalue weighted by molar-refractivity contribution is -0.117. The van der Waals surface area contributed by atoms with E-state index >= 15 is 0 Å². The van der Waals surface area contributed by atoms with Gasteiger partial charge < -0.3 is 0 Å². The van der Waals surface area contributed by atoms with Gasteiger partial charge in [-0.2, -0.15) is 5.10 Å². The summed E-state index contributed by atoms with van der Waals surface area (Å²) < 4.78 is 22.4. The Morgan fingerprint density at radius 1 is 1.39 bits per heavy atom. The minimum Gasteiger partial charge on any atom is -0.295 e. The van der Waals surface area contributed by atoms with Gasteiger partial charge in [0.1, 0.15) is 0 Å². The van der Waals surface area contributed by atoms with Crippen molar-refractivity contribution in [3.05, 3.63) is 35.9 Å². The van der Waals surface area contributed by atoms with E-state index in [2.05, 4.69) is 10.2 Å². The van der Waals surface area contributed by atoms with Gasteiger partial charge in [-0.1, -0.05) is 24.3 Å². The van der Waals surface area contributed by atoms with E-state index in [0.29, 0.717) is 12.4 Å². The molecule has 8 heteroatoms. The summed E-state index contributed by atoms with van der Waals surface area (Å²) in [7, 11) is -3.59. The lowest BCUT2D eigenvalue weighted by Crippen LogP contribution is -2.27. The minimum absolute atomic E-state index is 0.138. The van der Waals surface area contributed by atoms with E-state index in [0.717, 1.165) is 16.8 Å². The van der Waals surface area contributed by atoms with E-state index in [1.54, 1.807) is 6.07 Å². The number of hydrogen-bond acceptors (Lipinski definition) is 4. The van der Waals surface area contributed by atoms with Crippen molar-refractivity contribution in [2.24, 2.45) is 11.1 Å². The van der Waals surface area contributed by atoms with Gasteiger partial charge in [0.05, 0.1) is 11.4 Å². The van der Waals surface area contributed by atoms with Crippen LogP contribution in [0.4, 0.5) is 5.82 Å². The third-order valence-corrected chi connectivity index (χ3v) is 4.89. The molecule has 1 aromatic carbocycles. The average Bonchev–Trinajstić information content (AvgIpc) is 3.04. The monoisotopic (exact) mass is 334 g/mol. The number of nitrogens with one attached hydrogen (secondary N) is 1. The lowest BCUT2D eigenvalue weighted by Gasteiger charge is -2.12. The van der Waals surface area contributed by atoms with Gasteiger partial charge in [0.25, 0.3) is 0 Å². The van der Waals surface area contributed by atoms with E-state index < -0.39 is 10.0 Å². The van der Waals surface area contributed by atoms with Crippen molar-refractivity contribution < 1.29 is 13.2 Å². The van der Waals surface area contributed by atoms with E-state index in [9.17, 15) is 13.2 Å². The predicted molar refractivity (Wildman–Crippen MR) is 87.2 cm³/mol. The molecule has 23 heavy (non-hydrogen) atoms. The van der Waals surface area contributed by atoms with Gasteiger partial charge in [-0.3, -0.25) is 14.8 Å². The molecule has 0 aliphatic carbocycles. The van der Waals surface area contributed by atoms with E-state index in [4.69, 9.17) is 5.14 Å². The molecule has 1 saturated heterocycles. The molecule has 0 bridgehead atoms. The topological polar surface area (TPSA) is 109 Å². The second-order valence-corrected chi connectivity index (χ2v) is 7.52. The molecule has 1 unspecified atom stereocenters. The van der Waals surface area contributed by atoms with Crippen LogP contribution in [0.15, 0.2) is 30.3 Å². The Labute approximate surface area is 134 Å². The van der Waals surface area contributed by atoms with Gasteiger partial charge in [-0.15, -0.1) is 0 Å². The molecular weight excluding hydrogens is 316 g/mol. The minimum atomic E-state index is -3.59. The predicted octanol–water partition coefficient (Wildman–Crippen LogP) is 1.03. The molecule has 0 spiro atoms. The molecule has 122 valence electrons. The largest absolute Gasteiger partial charge is 0.295 e.